The Balaban J connectivity index is 1.83. The van der Waals surface area contributed by atoms with Gasteiger partial charge in [-0.25, -0.2) is 0 Å². The molecule has 0 aromatic rings. The van der Waals surface area contributed by atoms with Crippen molar-refractivity contribution in [3.05, 3.63) is 0 Å². The Morgan fingerprint density at radius 3 is 1.97 bits per heavy atom. The van der Waals surface area contributed by atoms with E-state index < -0.39 is 0 Å². The molecule has 1 unspecified atom stereocenters. The van der Waals surface area contributed by atoms with Crippen molar-refractivity contribution in [2.75, 3.05) is 65.9 Å². The molecule has 1 aliphatic heterocycles. The Hall–Kier alpha value is -1.55. The first-order chi connectivity index (χ1) is 16.6. The van der Waals surface area contributed by atoms with Crippen LogP contribution in [0.4, 0.5) is 0 Å². The van der Waals surface area contributed by atoms with Crippen molar-refractivity contribution in [1.82, 2.24) is 10.2 Å². The monoisotopic (exact) mass is 500 g/mol. The van der Waals surface area contributed by atoms with Crippen molar-refractivity contribution in [3.63, 3.8) is 0 Å². The highest BCUT2D eigenvalue weighted by molar-refractivity contribution is 6.03. The number of rotatable bonds is 20. The number of nitrogens with zero attached hydrogens (tertiary/aromatic N) is 1. The molecular weight excluding hydrogens is 452 g/mol. The van der Waals surface area contributed by atoms with E-state index in [4.69, 9.17) is 18.9 Å². The summed E-state index contributed by atoms with van der Waals surface area (Å²) in [5, 5.41) is 2.93. The predicted octanol–water partition coefficient (Wildman–Crippen LogP) is 2.81. The molecule has 0 spiro atoms. The minimum Gasteiger partial charge on any atom is -0.379 e. The van der Waals surface area contributed by atoms with Gasteiger partial charge in [0, 0.05) is 25.3 Å². The standard InChI is InChI=1S/C26H48N2O7/c1-21(2)22-20-24(30)28(25(22)31)11-13-33-15-17-35-19-18-34-16-14-32-12-8-23(29)27-10-7-6-9-26(3,4)5/h21-22H,6-20H2,1-5H3,(H,27,29). The number of hydrogen-bond acceptors (Lipinski definition) is 7. The summed E-state index contributed by atoms with van der Waals surface area (Å²) in [7, 11) is 0. The third kappa shape index (κ3) is 15.2. The van der Waals surface area contributed by atoms with Crippen LogP contribution in [0.3, 0.4) is 0 Å². The van der Waals surface area contributed by atoms with E-state index in [0.29, 0.717) is 77.7 Å². The average molecular weight is 501 g/mol. The van der Waals surface area contributed by atoms with Crippen LogP contribution >= 0.6 is 0 Å². The van der Waals surface area contributed by atoms with E-state index >= 15 is 0 Å². The Labute approximate surface area is 211 Å². The summed E-state index contributed by atoms with van der Waals surface area (Å²) in [6.45, 7) is 14.9. The Morgan fingerprint density at radius 2 is 1.46 bits per heavy atom. The van der Waals surface area contributed by atoms with Crippen LogP contribution in [0.15, 0.2) is 0 Å². The largest absolute Gasteiger partial charge is 0.379 e. The summed E-state index contributed by atoms with van der Waals surface area (Å²) in [5.41, 5.74) is 0.346. The van der Waals surface area contributed by atoms with Gasteiger partial charge in [0.25, 0.3) is 0 Å². The van der Waals surface area contributed by atoms with Gasteiger partial charge >= 0.3 is 0 Å². The average Bonchev–Trinajstić information content (AvgIpc) is 3.06. The zero-order chi connectivity index (χ0) is 26.1. The van der Waals surface area contributed by atoms with Crippen molar-refractivity contribution < 1.29 is 33.3 Å². The second-order valence-corrected chi connectivity index (χ2v) is 10.5. The van der Waals surface area contributed by atoms with Crippen LogP contribution in [-0.4, -0.2) is 88.6 Å². The zero-order valence-corrected chi connectivity index (χ0v) is 22.6. The third-order valence-corrected chi connectivity index (χ3v) is 5.81. The molecule has 1 N–H and O–H groups in total. The molecule has 204 valence electrons. The number of likely N-dealkylation sites (tertiary alicyclic amines) is 1. The van der Waals surface area contributed by atoms with E-state index in [9.17, 15) is 14.4 Å². The lowest BCUT2D eigenvalue weighted by molar-refractivity contribution is -0.140. The molecule has 35 heavy (non-hydrogen) atoms. The van der Waals surface area contributed by atoms with Gasteiger partial charge < -0.3 is 24.3 Å². The number of hydrogen-bond donors (Lipinski definition) is 1. The molecule has 0 aliphatic carbocycles. The topological polar surface area (TPSA) is 103 Å². The molecule has 1 fully saturated rings. The van der Waals surface area contributed by atoms with Gasteiger partial charge in [0.05, 0.1) is 59.4 Å². The lowest BCUT2D eigenvalue weighted by Crippen LogP contribution is -2.34. The van der Waals surface area contributed by atoms with Crippen LogP contribution in [0.5, 0.6) is 0 Å². The fraction of sp³-hybridized carbons (Fsp3) is 0.885. The number of carbonyl (C=O) groups excluding carboxylic acids is 3. The maximum absolute atomic E-state index is 12.2. The molecule has 1 aliphatic rings. The highest BCUT2D eigenvalue weighted by atomic mass is 16.6. The molecule has 0 radical (unpaired) electrons. The normalized spacial score (nSPS) is 16.5. The van der Waals surface area contributed by atoms with E-state index in [1.165, 1.54) is 4.90 Å². The maximum Gasteiger partial charge on any atom is 0.233 e. The summed E-state index contributed by atoms with van der Waals surface area (Å²) in [5.74, 6) is -0.203. The molecular formula is C26H48N2O7. The van der Waals surface area contributed by atoms with Crippen molar-refractivity contribution in [2.24, 2.45) is 17.3 Å². The zero-order valence-electron chi connectivity index (χ0n) is 22.6. The van der Waals surface area contributed by atoms with Crippen LogP contribution in [0.2, 0.25) is 0 Å². The van der Waals surface area contributed by atoms with Crippen LogP contribution in [0.25, 0.3) is 0 Å². The Morgan fingerprint density at radius 1 is 0.914 bits per heavy atom. The second-order valence-electron chi connectivity index (χ2n) is 10.5. The van der Waals surface area contributed by atoms with Gasteiger partial charge in [-0.1, -0.05) is 41.0 Å². The molecule has 1 heterocycles. The fourth-order valence-electron chi connectivity index (χ4n) is 3.64. The van der Waals surface area contributed by atoms with Gasteiger partial charge in [0.15, 0.2) is 0 Å². The predicted molar refractivity (Wildman–Crippen MR) is 134 cm³/mol. The summed E-state index contributed by atoms with van der Waals surface area (Å²) in [6, 6.07) is 0. The first-order valence-electron chi connectivity index (χ1n) is 13.0. The summed E-state index contributed by atoms with van der Waals surface area (Å²) < 4.78 is 21.8. The molecule has 1 atom stereocenters. The van der Waals surface area contributed by atoms with Gasteiger partial charge in [0.2, 0.25) is 17.7 Å². The van der Waals surface area contributed by atoms with Gasteiger partial charge in [-0.2, -0.15) is 0 Å². The van der Waals surface area contributed by atoms with Crippen LogP contribution in [-0.2, 0) is 33.3 Å². The number of imide groups is 1. The summed E-state index contributed by atoms with van der Waals surface area (Å²) in [4.78, 5) is 37.2. The minimum absolute atomic E-state index is 0.0238. The summed E-state index contributed by atoms with van der Waals surface area (Å²) in [6.07, 6.45) is 3.95. The molecule has 0 saturated carbocycles. The Kier molecular flexibility index (Phi) is 16.0. The third-order valence-electron chi connectivity index (χ3n) is 5.81. The van der Waals surface area contributed by atoms with E-state index in [-0.39, 0.29) is 29.6 Å². The molecule has 9 heteroatoms. The first kappa shape index (κ1) is 31.5. The van der Waals surface area contributed by atoms with E-state index in [2.05, 4.69) is 26.1 Å². The number of nitrogens with one attached hydrogen (secondary N) is 1. The molecule has 1 rings (SSSR count). The number of ether oxygens (including phenoxy) is 4. The van der Waals surface area contributed by atoms with Gasteiger partial charge in [0.1, 0.15) is 0 Å². The number of carbonyl (C=O) groups is 3. The quantitative estimate of drug-likeness (QED) is 0.202. The maximum atomic E-state index is 12.2. The fourth-order valence-corrected chi connectivity index (χ4v) is 3.64. The molecule has 9 nitrogen and oxygen atoms in total. The molecule has 1 saturated heterocycles. The van der Waals surface area contributed by atoms with Crippen LogP contribution in [0.1, 0.15) is 66.7 Å². The van der Waals surface area contributed by atoms with Gasteiger partial charge in [-0.05, 0) is 24.2 Å². The molecule has 0 bridgehead atoms. The van der Waals surface area contributed by atoms with Gasteiger partial charge in [-0.15, -0.1) is 0 Å². The molecule has 0 aromatic carbocycles. The van der Waals surface area contributed by atoms with Gasteiger partial charge in [-0.3, -0.25) is 19.3 Å². The molecule has 0 aromatic heterocycles. The Bertz CT molecular complexity index is 619. The van der Waals surface area contributed by atoms with Crippen molar-refractivity contribution in [2.45, 2.75) is 66.7 Å². The van der Waals surface area contributed by atoms with Crippen LogP contribution < -0.4 is 5.32 Å². The van der Waals surface area contributed by atoms with Crippen LogP contribution in [0, 0.1) is 17.3 Å². The number of unbranched alkanes of at least 4 members (excludes halogenated alkanes) is 1. The SMILES string of the molecule is CC(C)C1CC(=O)N(CCOCCOCCOCCOCCC(=O)NCCCCC(C)(C)C)C1=O. The highest BCUT2D eigenvalue weighted by Gasteiger charge is 2.39. The lowest BCUT2D eigenvalue weighted by atomic mass is 9.90. The van der Waals surface area contributed by atoms with Crippen molar-refractivity contribution in [3.8, 4) is 0 Å². The molecule has 3 amide bonds. The van der Waals surface area contributed by atoms with Crippen molar-refractivity contribution >= 4 is 17.7 Å². The van der Waals surface area contributed by atoms with E-state index in [1.807, 2.05) is 13.8 Å². The van der Waals surface area contributed by atoms with Crippen molar-refractivity contribution in [1.29, 1.82) is 0 Å². The lowest BCUT2D eigenvalue weighted by Gasteiger charge is -2.17. The minimum atomic E-state index is -0.200. The number of amides is 3. The van der Waals surface area contributed by atoms with E-state index in [0.717, 1.165) is 25.8 Å². The second kappa shape index (κ2) is 17.8. The summed E-state index contributed by atoms with van der Waals surface area (Å²) >= 11 is 0. The smallest absolute Gasteiger partial charge is 0.233 e. The first-order valence-corrected chi connectivity index (χ1v) is 13.0. The highest BCUT2D eigenvalue weighted by Crippen LogP contribution is 2.26. The van der Waals surface area contributed by atoms with E-state index in [1.54, 1.807) is 0 Å².